The maximum absolute atomic E-state index is 12.9. The second kappa shape index (κ2) is 8.27. The predicted octanol–water partition coefficient (Wildman–Crippen LogP) is 1.43. The molecule has 3 rings (SSSR count). The lowest BCUT2D eigenvalue weighted by Gasteiger charge is -2.23. The van der Waals surface area contributed by atoms with Gasteiger partial charge in [0.2, 0.25) is 5.91 Å². The zero-order chi connectivity index (χ0) is 18.9. The summed E-state index contributed by atoms with van der Waals surface area (Å²) in [4.78, 5) is 38.5. The average molecular weight is 395 g/mol. The molecule has 0 bridgehead atoms. The number of nitrogens with zero attached hydrogens (tertiary/aromatic N) is 1. The van der Waals surface area contributed by atoms with E-state index < -0.39 is 17.5 Å². The highest BCUT2D eigenvalue weighted by Crippen LogP contribution is 2.29. The molecule has 8 heteroatoms. The van der Waals surface area contributed by atoms with Crippen molar-refractivity contribution in [3.8, 4) is 0 Å². The van der Waals surface area contributed by atoms with Crippen molar-refractivity contribution in [2.45, 2.75) is 44.7 Å². The molecule has 1 aliphatic carbocycles. The van der Waals surface area contributed by atoms with Crippen molar-refractivity contribution in [2.24, 2.45) is 11.7 Å². The molecule has 27 heavy (non-hydrogen) atoms. The number of carbonyl (C=O) groups excluding carboxylic acids is 3. The van der Waals surface area contributed by atoms with Crippen LogP contribution in [0.2, 0.25) is 0 Å². The quantitative estimate of drug-likeness (QED) is 0.657. The summed E-state index contributed by atoms with van der Waals surface area (Å²) >= 11 is 0. The minimum atomic E-state index is -1.15. The number of imide groups is 1. The lowest BCUT2D eigenvalue weighted by Crippen LogP contribution is -2.47. The van der Waals surface area contributed by atoms with Crippen LogP contribution < -0.4 is 16.4 Å². The van der Waals surface area contributed by atoms with Gasteiger partial charge in [0.05, 0.1) is 0 Å². The summed E-state index contributed by atoms with van der Waals surface area (Å²) in [7, 11) is 0. The predicted molar refractivity (Wildman–Crippen MR) is 104 cm³/mol. The van der Waals surface area contributed by atoms with E-state index in [1.165, 1.54) is 0 Å². The molecule has 1 aromatic rings. The fourth-order valence-corrected chi connectivity index (χ4v) is 3.83. The van der Waals surface area contributed by atoms with Crippen molar-refractivity contribution >= 4 is 30.3 Å². The zero-order valence-corrected chi connectivity index (χ0v) is 16.5. The van der Waals surface area contributed by atoms with Gasteiger partial charge in [0.1, 0.15) is 12.1 Å². The Bertz CT molecular complexity index is 724. The Balaban J connectivity index is 0.00000261. The SMILES string of the molecule is Cc1ccc(C2(C)NC(=O)N(CC(=O)NC3CCCC3CN)C2=O)cc1.Cl. The normalized spacial score (nSPS) is 27.3. The van der Waals surface area contributed by atoms with Crippen LogP contribution in [0.25, 0.3) is 0 Å². The lowest BCUT2D eigenvalue weighted by atomic mass is 9.91. The van der Waals surface area contributed by atoms with Crippen LogP contribution in [0.1, 0.15) is 37.3 Å². The first-order valence-electron chi connectivity index (χ1n) is 9.06. The van der Waals surface area contributed by atoms with Gasteiger partial charge < -0.3 is 16.4 Å². The van der Waals surface area contributed by atoms with Crippen LogP contribution in [0.4, 0.5) is 4.79 Å². The van der Waals surface area contributed by atoms with Crippen molar-refractivity contribution in [1.29, 1.82) is 0 Å². The van der Waals surface area contributed by atoms with E-state index in [9.17, 15) is 14.4 Å². The van der Waals surface area contributed by atoms with Gasteiger partial charge in [-0.3, -0.25) is 14.5 Å². The molecule has 1 saturated heterocycles. The number of amides is 4. The van der Waals surface area contributed by atoms with E-state index in [4.69, 9.17) is 5.73 Å². The highest BCUT2D eigenvalue weighted by atomic mass is 35.5. The number of urea groups is 1. The minimum absolute atomic E-state index is 0. The Kier molecular flexibility index (Phi) is 6.49. The largest absolute Gasteiger partial charge is 0.351 e. The average Bonchev–Trinajstić information content (AvgIpc) is 3.13. The molecule has 1 heterocycles. The number of halogens is 1. The molecule has 1 aliphatic heterocycles. The first kappa shape index (κ1) is 21.2. The molecule has 4 amide bonds. The van der Waals surface area contributed by atoms with Gasteiger partial charge in [0, 0.05) is 6.04 Å². The van der Waals surface area contributed by atoms with Crippen LogP contribution in [0.5, 0.6) is 0 Å². The van der Waals surface area contributed by atoms with Gasteiger partial charge in [-0.25, -0.2) is 4.79 Å². The Morgan fingerprint density at radius 2 is 1.96 bits per heavy atom. The first-order valence-corrected chi connectivity index (χ1v) is 9.06. The Morgan fingerprint density at radius 1 is 1.30 bits per heavy atom. The minimum Gasteiger partial charge on any atom is -0.351 e. The summed E-state index contributed by atoms with van der Waals surface area (Å²) in [6.07, 6.45) is 2.91. The molecule has 4 N–H and O–H groups in total. The molecule has 0 radical (unpaired) electrons. The fraction of sp³-hybridized carbons (Fsp3) is 0.526. The Hall–Kier alpha value is -2.12. The summed E-state index contributed by atoms with van der Waals surface area (Å²) in [5, 5.41) is 5.65. The molecule has 1 saturated carbocycles. The monoisotopic (exact) mass is 394 g/mol. The molecule has 2 aliphatic rings. The topological polar surface area (TPSA) is 105 Å². The summed E-state index contributed by atoms with van der Waals surface area (Å²) in [6, 6.07) is 6.90. The molecule has 1 aromatic carbocycles. The smallest absolute Gasteiger partial charge is 0.325 e. The Morgan fingerprint density at radius 3 is 2.59 bits per heavy atom. The van der Waals surface area contributed by atoms with E-state index in [2.05, 4.69) is 10.6 Å². The van der Waals surface area contributed by atoms with Crippen molar-refractivity contribution < 1.29 is 14.4 Å². The van der Waals surface area contributed by atoms with E-state index in [0.29, 0.717) is 12.1 Å². The summed E-state index contributed by atoms with van der Waals surface area (Å²) in [5.41, 5.74) is 6.35. The number of hydrogen-bond donors (Lipinski definition) is 3. The van der Waals surface area contributed by atoms with Gasteiger partial charge >= 0.3 is 6.03 Å². The fourth-order valence-electron chi connectivity index (χ4n) is 3.83. The van der Waals surface area contributed by atoms with Crippen LogP contribution in [-0.4, -0.2) is 41.9 Å². The Labute approximate surface area is 165 Å². The highest BCUT2D eigenvalue weighted by Gasteiger charge is 2.49. The summed E-state index contributed by atoms with van der Waals surface area (Å²) in [6.45, 7) is 3.87. The van der Waals surface area contributed by atoms with Crippen molar-refractivity contribution in [2.75, 3.05) is 13.1 Å². The van der Waals surface area contributed by atoms with E-state index >= 15 is 0 Å². The van der Waals surface area contributed by atoms with E-state index in [0.717, 1.165) is 29.7 Å². The van der Waals surface area contributed by atoms with Crippen molar-refractivity contribution in [3.05, 3.63) is 35.4 Å². The van der Waals surface area contributed by atoms with Crippen molar-refractivity contribution in [3.63, 3.8) is 0 Å². The van der Waals surface area contributed by atoms with Crippen molar-refractivity contribution in [1.82, 2.24) is 15.5 Å². The molecule has 2 fully saturated rings. The van der Waals surface area contributed by atoms with Gasteiger partial charge in [-0.05, 0) is 44.7 Å². The molecular formula is C19H27ClN4O3. The standard InChI is InChI=1S/C19H26N4O3.ClH/c1-12-6-8-14(9-7-12)19(2)17(25)23(18(26)22-19)11-16(24)21-15-5-3-4-13(15)10-20;/h6-9,13,15H,3-5,10-11,20H2,1-2H3,(H,21,24)(H,22,26);1H. The van der Waals surface area contributed by atoms with Crippen LogP contribution >= 0.6 is 12.4 Å². The maximum atomic E-state index is 12.9. The lowest BCUT2D eigenvalue weighted by molar-refractivity contribution is -0.135. The van der Waals surface area contributed by atoms with E-state index in [-0.39, 0.29) is 36.8 Å². The molecule has 148 valence electrons. The molecule has 0 spiro atoms. The van der Waals surface area contributed by atoms with Gasteiger partial charge in [0.15, 0.2) is 0 Å². The van der Waals surface area contributed by atoms with Crippen LogP contribution in [0.15, 0.2) is 24.3 Å². The second-order valence-corrected chi connectivity index (χ2v) is 7.41. The molecule has 7 nitrogen and oxygen atoms in total. The maximum Gasteiger partial charge on any atom is 0.325 e. The van der Waals surface area contributed by atoms with Crippen LogP contribution in [-0.2, 0) is 15.1 Å². The van der Waals surface area contributed by atoms with Crippen LogP contribution in [0, 0.1) is 12.8 Å². The third-order valence-corrected chi connectivity index (χ3v) is 5.51. The number of hydrogen-bond acceptors (Lipinski definition) is 4. The third kappa shape index (κ3) is 4.09. The number of benzene rings is 1. The summed E-state index contributed by atoms with van der Waals surface area (Å²) in [5.74, 6) is -0.477. The third-order valence-electron chi connectivity index (χ3n) is 5.51. The molecule has 3 unspecified atom stereocenters. The van der Waals surface area contributed by atoms with E-state index in [1.54, 1.807) is 6.92 Å². The van der Waals surface area contributed by atoms with Gasteiger partial charge in [-0.2, -0.15) is 0 Å². The number of aryl methyl sites for hydroxylation is 1. The molecular weight excluding hydrogens is 368 g/mol. The molecule has 3 atom stereocenters. The zero-order valence-electron chi connectivity index (χ0n) is 15.7. The van der Waals surface area contributed by atoms with Gasteiger partial charge in [0.25, 0.3) is 5.91 Å². The van der Waals surface area contributed by atoms with E-state index in [1.807, 2.05) is 31.2 Å². The second-order valence-electron chi connectivity index (χ2n) is 7.41. The number of carbonyl (C=O) groups is 3. The first-order chi connectivity index (χ1) is 12.3. The molecule has 0 aromatic heterocycles. The highest BCUT2D eigenvalue weighted by molar-refractivity contribution is 6.09. The van der Waals surface area contributed by atoms with Crippen LogP contribution in [0.3, 0.4) is 0 Å². The van der Waals surface area contributed by atoms with Gasteiger partial charge in [-0.15, -0.1) is 12.4 Å². The number of nitrogens with two attached hydrogens (primary N) is 1. The van der Waals surface area contributed by atoms with Gasteiger partial charge in [-0.1, -0.05) is 36.2 Å². The number of rotatable bonds is 5. The number of nitrogens with one attached hydrogen (secondary N) is 2. The summed E-state index contributed by atoms with van der Waals surface area (Å²) < 4.78 is 0.